The second-order valence-electron chi connectivity index (χ2n) is 6.66. The molecule has 3 aromatic rings. The summed E-state index contributed by atoms with van der Waals surface area (Å²) >= 11 is 0. The highest BCUT2D eigenvalue weighted by Crippen LogP contribution is 2.25. The van der Waals surface area contributed by atoms with Crippen LogP contribution in [-0.4, -0.2) is 27.5 Å². The predicted molar refractivity (Wildman–Crippen MR) is 120 cm³/mol. The first-order valence-electron chi connectivity index (χ1n) is 9.72. The number of rotatable bonds is 9. The summed E-state index contributed by atoms with van der Waals surface area (Å²) in [5.41, 5.74) is 1.63. The largest absolute Gasteiger partial charge is 0.492 e. The second-order valence-corrected chi connectivity index (χ2v) is 8.35. The number of benzene rings is 3. The minimum atomic E-state index is -3.73. The summed E-state index contributed by atoms with van der Waals surface area (Å²) < 4.78 is 38.8. The molecule has 1 amide bonds. The number of hydrogen-bond donors (Lipinski definition) is 2. The van der Waals surface area contributed by atoms with Gasteiger partial charge in [0.2, 0.25) is 0 Å². The molecule has 0 aliphatic heterocycles. The Bertz CT molecular complexity index is 1150. The normalized spacial score (nSPS) is 10.9. The average molecular weight is 441 g/mol. The van der Waals surface area contributed by atoms with Crippen molar-refractivity contribution in [3.63, 3.8) is 0 Å². The number of amides is 1. The van der Waals surface area contributed by atoms with Crippen LogP contribution in [0, 0.1) is 6.92 Å². The van der Waals surface area contributed by atoms with Crippen LogP contribution in [0.25, 0.3) is 0 Å². The molecule has 0 atom stereocenters. The lowest BCUT2D eigenvalue weighted by atomic mass is 10.2. The van der Waals surface area contributed by atoms with Gasteiger partial charge in [0.25, 0.3) is 15.9 Å². The van der Waals surface area contributed by atoms with Gasteiger partial charge in [-0.2, -0.15) is 0 Å². The van der Waals surface area contributed by atoms with Gasteiger partial charge < -0.3 is 14.8 Å². The van der Waals surface area contributed by atoms with Crippen molar-refractivity contribution in [2.45, 2.75) is 18.7 Å². The van der Waals surface area contributed by atoms with E-state index in [0.29, 0.717) is 35.0 Å². The molecule has 0 unspecified atom stereocenters. The van der Waals surface area contributed by atoms with Crippen molar-refractivity contribution in [2.75, 3.05) is 23.3 Å². The van der Waals surface area contributed by atoms with Gasteiger partial charge in [-0.15, -0.1) is 0 Å². The number of sulfonamides is 1. The van der Waals surface area contributed by atoms with Crippen LogP contribution in [0.5, 0.6) is 11.5 Å². The highest BCUT2D eigenvalue weighted by atomic mass is 32.2. The minimum absolute atomic E-state index is 0.108. The molecule has 7 nitrogen and oxygen atoms in total. The molecule has 0 aliphatic carbocycles. The summed E-state index contributed by atoms with van der Waals surface area (Å²) in [5, 5.41) is 2.75. The maximum absolute atomic E-state index is 12.6. The van der Waals surface area contributed by atoms with Gasteiger partial charge in [0.05, 0.1) is 17.2 Å². The molecule has 3 aromatic carbocycles. The summed E-state index contributed by atoms with van der Waals surface area (Å²) in [4.78, 5) is 12.4. The molecule has 0 saturated carbocycles. The maximum atomic E-state index is 12.6. The van der Waals surface area contributed by atoms with E-state index in [4.69, 9.17) is 9.47 Å². The van der Waals surface area contributed by atoms with Gasteiger partial charge in [-0.1, -0.05) is 30.3 Å². The molecular weight excluding hydrogens is 416 g/mol. The Morgan fingerprint density at radius 2 is 1.61 bits per heavy atom. The van der Waals surface area contributed by atoms with Crippen LogP contribution in [-0.2, 0) is 14.8 Å². The molecule has 162 valence electrons. The van der Waals surface area contributed by atoms with E-state index >= 15 is 0 Å². The highest BCUT2D eigenvalue weighted by molar-refractivity contribution is 7.92. The topological polar surface area (TPSA) is 93.7 Å². The lowest BCUT2D eigenvalue weighted by Crippen LogP contribution is -2.21. The van der Waals surface area contributed by atoms with Crippen molar-refractivity contribution in [3.8, 4) is 11.5 Å². The zero-order valence-corrected chi connectivity index (χ0v) is 18.1. The fraction of sp³-hybridized carbons (Fsp3) is 0.174. The van der Waals surface area contributed by atoms with Crippen molar-refractivity contribution in [2.24, 2.45) is 0 Å². The van der Waals surface area contributed by atoms with E-state index in [1.165, 1.54) is 18.2 Å². The van der Waals surface area contributed by atoms with Gasteiger partial charge in [0, 0.05) is 5.69 Å². The van der Waals surface area contributed by atoms with E-state index in [1.54, 1.807) is 55.5 Å². The summed E-state index contributed by atoms with van der Waals surface area (Å²) in [7, 11) is -3.73. The van der Waals surface area contributed by atoms with Crippen molar-refractivity contribution in [1.29, 1.82) is 0 Å². The van der Waals surface area contributed by atoms with Gasteiger partial charge in [-0.3, -0.25) is 9.52 Å². The van der Waals surface area contributed by atoms with E-state index < -0.39 is 10.0 Å². The third-order valence-corrected chi connectivity index (χ3v) is 5.68. The molecule has 3 rings (SSSR count). The second kappa shape index (κ2) is 9.99. The number of para-hydroxylation sites is 3. The molecule has 0 radical (unpaired) electrons. The summed E-state index contributed by atoms with van der Waals surface area (Å²) in [6.45, 7) is 3.84. The van der Waals surface area contributed by atoms with Gasteiger partial charge in [-0.25, -0.2) is 8.42 Å². The first kappa shape index (κ1) is 22.2. The number of carbonyl (C=O) groups excluding carboxylic acids is 1. The summed E-state index contributed by atoms with van der Waals surface area (Å²) in [6.07, 6.45) is 0. The van der Waals surface area contributed by atoms with E-state index in [1.807, 2.05) is 13.0 Å². The Morgan fingerprint density at radius 1 is 0.903 bits per heavy atom. The molecule has 2 N–H and O–H groups in total. The Hall–Kier alpha value is -3.52. The van der Waals surface area contributed by atoms with E-state index in [9.17, 15) is 13.2 Å². The first-order chi connectivity index (χ1) is 14.9. The van der Waals surface area contributed by atoms with Crippen LogP contribution in [0.2, 0.25) is 0 Å². The highest BCUT2D eigenvalue weighted by Gasteiger charge is 2.16. The monoisotopic (exact) mass is 440 g/mol. The number of ether oxygens (including phenoxy) is 2. The van der Waals surface area contributed by atoms with E-state index in [-0.39, 0.29) is 17.4 Å². The smallest absolute Gasteiger partial charge is 0.262 e. The van der Waals surface area contributed by atoms with Crippen molar-refractivity contribution in [3.05, 3.63) is 78.4 Å². The third-order valence-electron chi connectivity index (χ3n) is 4.30. The van der Waals surface area contributed by atoms with E-state index in [0.717, 1.165) is 0 Å². The molecule has 8 heteroatoms. The number of hydrogen-bond acceptors (Lipinski definition) is 5. The third kappa shape index (κ3) is 5.99. The molecular formula is C23H24N2O5S. The molecule has 0 saturated heterocycles. The van der Waals surface area contributed by atoms with Crippen LogP contribution in [0.3, 0.4) is 0 Å². The first-order valence-corrected chi connectivity index (χ1v) is 11.2. The van der Waals surface area contributed by atoms with Crippen LogP contribution >= 0.6 is 0 Å². The zero-order chi connectivity index (χ0) is 22.3. The van der Waals surface area contributed by atoms with Crippen molar-refractivity contribution >= 4 is 27.3 Å². The number of aryl methyl sites for hydroxylation is 1. The summed E-state index contributed by atoms with van der Waals surface area (Å²) in [5.74, 6) is 0.649. The lowest BCUT2D eigenvalue weighted by molar-refractivity contribution is -0.118. The van der Waals surface area contributed by atoms with Crippen molar-refractivity contribution in [1.82, 2.24) is 0 Å². The van der Waals surface area contributed by atoms with Gasteiger partial charge in [0.15, 0.2) is 6.61 Å². The quantitative estimate of drug-likeness (QED) is 0.520. The molecule has 0 aliphatic rings. The average Bonchev–Trinajstić information content (AvgIpc) is 2.75. The fourth-order valence-corrected chi connectivity index (χ4v) is 4.00. The molecule has 0 bridgehead atoms. The fourth-order valence-electron chi connectivity index (χ4n) is 2.85. The van der Waals surface area contributed by atoms with E-state index in [2.05, 4.69) is 10.0 Å². The Labute approximate surface area is 182 Å². The number of nitrogens with one attached hydrogen (secondary N) is 2. The standard InChI is InChI=1S/C23H24N2O5S/c1-3-29-22-12-8-7-11-20(22)24-23(26)16-30-21-14-13-19(15-17(21)2)31(27,28)25-18-9-5-4-6-10-18/h4-15,25H,3,16H2,1-2H3,(H,24,26). The molecule has 0 fully saturated rings. The number of carbonyl (C=O) groups is 1. The minimum Gasteiger partial charge on any atom is -0.492 e. The molecule has 0 heterocycles. The van der Waals surface area contributed by atoms with Gasteiger partial charge in [0.1, 0.15) is 11.5 Å². The SMILES string of the molecule is CCOc1ccccc1NC(=O)COc1ccc(S(=O)(=O)Nc2ccccc2)cc1C. The van der Waals surface area contributed by atoms with Gasteiger partial charge >= 0.3 is 0 Å². The zero-order valence-electron chi connectivity index (χ0n) is 17.3. The van der Waals surface area contributed by atoms with Crippen LogP contribution in [0.1, 0.15) is 12.5 Å². The molecule has 0 spiro atoms. The predicted octanol–water partition coefficient (Wildman–Crippen LogP) is 4.21. The Kier molecular flexibility index (Phi) is 7.15. The summed E-state index contributed by atoms with van der Waals surface area (Å²) in [6, 6.07) is 20.3. The number of anilines is 2. The van der Waals surface area contributed by atoms with Crippen LogP contribution in [0.4, 0.5) is 11.4 Å². The Morgan fingerprint density at radius 3 is 2.32 bits per heavy atom. The molecule has 31 heavy (non-hydrogen) atoms. The Balaban J connectivity index is 1.64. The lowest BCUT2D eigenvalue weighted by Gasteiger charge is -2.13. The molecule has 0 aromatic heterocycles. The van der Waals surface area contributed by atoms with Gasteiger partial charge in [-0.05, 0) is 61.9 Å². The maximum Gasteiger partial charge on any atom is 0.262 e. The van der Waals surface area contributed by atoms with Crippen LogP contribution < -0.4 is 19.5 Å². The van der Waals surface area contributed by atoms with Crippen molar-refractivity contribution < 1.29 is 22.7 Å². The van der Waals surface area contributed by atoms with Crippen LogP contribution in [0.15, 0.2) is 77.7 Å².